The van der Waals surface area contributed by atoms with Gasteiger partial charge in [-0.15, -0.1) is 0 Å². The van der Waals surface area contributed by atoms with Crippen molar-refractivity contribution in [1.82, 2.24) is 14.9 Å². The molecule has 25 heavy (non-hydrogen) atoms. The first-order chi connectivity index (χ1) is 12.2. The van der Waals surface area contributed by atoms with Gasteiger partial charge >= 0.3 is 0 Å². The Bertz CT molecular complexity index is 830. The van der Waals surface area contributed by atoms with Gasteiger partial charge < -0.3 is 14.5 Å². The van der Waals surface area contributed by atoms with Gasteiger partial charge in [0.15, 0.2) is 5.16 Å². The highest BCUT2D eigenvalue weighted by Gasteiger charge is 2.18. The molecule has 7 heteroatoms. The normalized spacial score (nSPS) is 11.9. The van der Waals surface area contributed by atoms with E-state index in [1.807, 2.05) is 48.0 Å². The number of nitrogens with zero attached hydrogens (tertiary/aromatic N) is 2. The second kappa shape index (κ2) is 7.94. The summed E-state index contributed by atoms with van der Waals surface area (Å²) in [5, 5.41) is 3.32. The number of benzene rings is 1. The Hall–Kier alpha value is -2.67. The van der Waals surface area contributed by atoms with E-state index in [0.717, 1.165) is 22.4 Å². The summed E-state index contributed by atoms with van der Waals surface area (Å²) in [5.74, 6) is 1.43. The van der Waals surface area contributed by atoms with Gasteiger partial charge in [0.25, 0.3) is 0 Å². The molecule has 130 valence electrons. The van der Waals surface area contributed by atoms with Crippen LogP contribution in [0.15, 0.2) is 64.6 Å². The van der Waals surface area contributed by atoms with Crippen molar-refractivity contribution in [2.45, 2.75) is 23.9 Å². The number of amides is 1. The third-order valence-corrected chi connectivity index (χ3v) is 4.69. The lowest BCUT2D eigenvalue weighted by Crippen LogP contribution is -2.30. The Labute approximate surface area is 150 Å². The van der Waals surface area contributed by atoms with Crippen LogP contribution in [0.2, 0.25) is 0 Å². The van der Waals surface area contributed by atoms with Crippen LogP contribution >= 0.6 is 11.8 Å². The fourth-order valence-corrected chi connectivity index (χ4v) is 3.18. The van der Waals surface area contributed by atoms with E-state index in [4.69, 9.17) is 9.15 Å². The summed E-state index contributed by atoms with van der Waals surface area (Å²) in [6, 6.07) is 11.3. The van der Waals surface area contributed by atoms with Crippen molar-refractivity contribution in [3.63, 3.8) is 0 Å². The van der Waals surface area contributed by atoms with E-state index in [9.17, 15) is 4.79 Å². The number of imidazole rings is 1. The largest absolute Gasteiger partial charge is 0.497 e. The van der Waals surface area contributed by atoms with Crippen LogP contribution in [0, 0.1) is 0 Å². The van der Waals surface area contributed by atoms with Crippen molar-refractivity contribution in [2.75, 3.05) is 7.11 Å². The summed E-state index contributed by atoms with van der Waals surface area (Å²) in [6.45, 7) is 2.23. The topological polar surface area (TPSA) is 69.3 Å². The molecule has 1 aromatic carbocycles. The van der Waals surface area contributed by atoms with Crippen molar-refractivity contribution >= 4 is 17.7 Å². The highest BCUT2D eigenvalue weighted by atomic mass is 32.2. The van der Waals surface area contributed by atoms with Crippen LogP contribution in [0.1, 0.15) is 12.7 Å². The van der Waals surface area contributed by atoms with E-state index in [1.165, 1.54) is 11.8 Å². The van der Waals surface area contributed by atoms with E-state index in [-0.39, 0.29) is 11.2 Å². The van der Waals surface area contributed by atoms with E-state index in [2.05, 4.69) is 10.3 Å². The van der Waals surface area contributed by atoms with Gasteiger partial charge in [-0.25, -0.2) is 4.98 Å². The molecular weight excluding hydrogens is 338 g/mol. The third kappa shape index (κ3) is 4.24. The molecule has 0 radical (unpaired) electrons. The first-order valence-electron chi connectivity index (χ1n) is 7.82. The number of carbonyl (C=O) groups is 1. The maximum Gasteiger partial charge on any atom is 0.233 e. The average molecular weight is 357 g/mol. The molecule has 1 atom stereocenters. The Kier molecular flexibility index (Phi) is 5.45. The number of aromatic nitrogens is 2. The van der Waals surface area contributed by atoms with Gasteiger partial charge in [0, 0.05) is 18.5 Å². The van der Waals surface area contributed by atoms with Gasteiger partial charge in [-0.3, -0.25) is 9.36 Å². The van der Waals surface area contributed by atoms with Crippen LogP contribution in [0.25, 0.3) is 5.69 Å². The molecule has 0 saturated heterocycles. The standard InChI is InChI=1S/C18H19N3O3S/c1-13(17(22)20-12-16-7-4-10-24-16)25-18-19-8-9-21(18)14-5-3-6-15(11-14)23-2/h3-11,13H,12H2,1-2H3,(H,20,22). The van der Waals surface area contributed by atoms with E-state index in [0.29, 0.717) is 6.54 Å². The fraction of sp³-hybridized carbons (Fsp3) is 0.222. The van der Waals surface area contributed by atoms with Crippen molar-refractivity contribution < 1.29 is 13.9 Å². The summed E-state index contributed by atoms with van der Waals surface area (Å²) < 4.78 is 12.4. The zero-order valence-electron chi connectivity index (χ0n) is 14.0. The summed E-state index contributed by atoms with van der Waals surface area (Å²) in [4.78, 5) is 16.6. The molecule has 0 fully saturated rings. The molecule has 0 saturated carbocycles. The number of carbonyl (C=O) groups excluding carboxylic acids is 1. The van der Waals surface area contributed by atoms with Crippen molar-refractivity contribution in [1.29, 1.82) is 0 Å². The lowest BCUT2D eigenvalue weighted by Gasteiger charge is -2.13. The van der Waals surface area contributed by atoms with Gasteiger partial charge in [-0.2, -0.15) is 0 Å². The first kappa shape index (κ1) is 17.2. The number of thioether (sulfide) groups is 1. The number of hydrogen-bond acceptors (Lipinski definition) is 5. The zero-order chi connectivity index (χ0) is 17.6. The molecule has 1 N–H and O–H groups in total. The van der Waals surface area contributed by atoms with E-state index in [1.54, 1.807) is 25.6 Å². The number of methoxy groups -OCH3 is 1. The molecule has 0 aliphatic heterocycles. The van der Waals surface area contributed by atoms with Crippen molar-refractivity contribution in [3.8, 4) is 11.4 Å². The van der Waals surface area contributed by atoms with Crippen molar-refractivity contribution in [2.24, 2.45) is 0 Å². The lowest BCUT2D eigenvalue weighted by atomic mass is 10.3. The minimum Gasteiger partial charge on any atom is -0.497 e. The van der Waals surface area contributed by atoms with Crippen LogP contribution in [0.5, 0.6) is 5.75 Å². The summed E-state index contributed by atoms with van der Waals surface area (Å²) in [7, 11) is 1.63. The SMILES string of the molecule is COc1cccc(-n2ccnc2SC(C)C(=O)NCc2ccco2)c1. The highest BCUT2D eigenvalue weighted by Crippen LogP contribution is 2.26. The molecule has 0 aliphatic rings. The number of rotatable bonds is 7. The molecule has 6 nitrogen and oxygen atoms in total. The third-order valence-electron chi connectivity index (χ3n) is 3.61. The Morgan fingerprint density at radius 1 is 1.40 bits per heavy atom. The second-order valence-electron chi connectivity index (χ2n) is 5.34. The molecule has 3 rings (SSSR count). The highest BCUT2D eigenvalue weighted by molar-refractivity contribution is 8.00. The summed E-state index contributed by atoms with van der Waals surface area (Å²) in [6.07, 6.45) is 5.17. The molecule has 3 aromatic rings. The summed E-state index contributed by atoms with van der Waals surface area (Å²) in [5.41, 5.74) is 0.933. The predicted octanol–water partition coefficient (Wildman–Crippen LogP) is 3.27. The van der Waals surface area contributed by atoms with Crippen LogP contribution in [-0.4, -0.2) is 27.8 Å². The van der Waals surface area contributed by atoms with Gasteiger partial charge in [0.05, 0.1) is 30.9 Å². The number of nitrogens with one attached hydrogen (secondary N) is 1. The Morgan fingerprint density at radius 3 is 3.04 bits per heavy atom. The number of hydrogen-bond donors (Lipinski definition) is 1. The lowest BCUT2D eigenvalue weighted by molar-refractivity contribution is -0.120. The van der Waals surface area contributed by atoms with Gasteiger partial charge in [-0.1, -0.05) is 17.8 Å². The Balaban J connectivity index is 1.66. The molecule has 0 aliphatic carbocycles. The molecule has 2 aromatic heterocycles. The van der Waals surface area contributed by atoms with Crippen LogP contribution in [-0.2, 0) is 11.3 Å². The zero-order valence-corrected chi connectivity index (χ0v) is 14.8. The fourth-order valence-electron chi connectivity index (χ4n) is 2.28. The second-order valence-corrected chi connectivity index (χ2v) is 6.65. The number of ether oxygens (including phenoxy) is 1. The molecule has 0 spiro atoms. The minimum absolute atomic E-state index is 0.0680. The van der Waals surface area contributed by atoms with Crippen molar-refractivity contribution in [3.05, 3.63) is 60.8 Å². The molecule has 1 amide bonds. The Morgan fingerprint density at radius 2 is 2.28 bits per heavy atom. The first-order valence-corrected chi connectivity index (χ1v) is 8.70. The molecule has 0 bridgehead atoms. The molecular formula is C18H19N3O3S. The smallest absolute Gasteiger partial charge is 0.233 e. The maximum atomic E-state index is 12.3. The van der Waals surface area contributed by atoms with E-state index < -0.39 is 0 Å². The van der Waals surface area contributed by atoms with Gasteiger partial charge in [-0.05, 0) is 31.2 Å². The van der Waals surface area contributed by atoms with Crippen LogP contribution in [0.3, 0.4) is 0 Å². The minimum atomic E-state index is -0.290. The van der Waals surface area contributed by atoms with Gasteiger partial charge in [0.1, 0.15) is 11.5 Å². The van der Waals surface area contributed by atoms with Crippen LogP contribution < -0.4 is 10.1 Å². The van der Waals surface area contributed by atoms with Crippen LogP contribution in [0.4, 0.5) is 0 Å². The van der Waals surface area contributed by atoms with E-state index >= 15 is 0 Å². The number of furan rings is 1. The molecule has 2 heterocycles. The average Bonchev–Trinajstić information content (AvgIpc) is 3.31. The summed E-state index contributed by atoms with van der Waals surface area (Å²) >= 11 is 1.40. The maximum absolute atomic E-state index is 12.3. The molecule has 1 unspecified atom stereocenters. The quantitative estimate of drug-likeness (QED) is 0.657. The predicted molar refractivity (Wildman–Crippen MR) is 96.0 cm³/mol. The van der Waals surface area contributed by atoms with Gasteiger partial charge in [0.2, 0.25) is 5.91 Å². The monoisotopic (exact) mass is 357 g/mol.